The van der Waals surface area contributed by atoms with Crippen molar-refractivity contribution in [3.8, 4) is 11.5 Å². The van der Waals surface area contributed by atoms with E-state index >= 15 is 0 Å². The zero-order chi connectivity index (χ0) is 17.7. The van der Waals surface area contributed by atoms with Gasteiger partial charge in [-0.25, -0.2) is 4.39 Å². The van der Waals surface area contributed by atoms with Crippen molar-refractivity contribution in [1.29, 1.82) is 0 Å². The Balaban J connectivity index is 0.00000312. The summed E-state index contributed by atoms with van der Waals surface area (Å²) in [6, 6.07) is 2.27. The van der Waals surface area contributed by atoms with Gasteiger partial charge in [-0.05, 0) is 38.9 Å². The highest BCUT2D eigenvalue weighted by Gasteiger charge is 2.40. The molecule has 0 aromatic heterocycles. The van der Waals surface area contributed by atoms with Gasteiger partial charge in [0.1, 0.15) is 11.4 Å². The van der Waals surface area contributed by atoms with Crippen LogP contribution in [0.4, 0.5) is 4.39 Å². The monoisotopic (exact) mass is 376 g/mol. The molecule has 6 nitrogen and oxygen atoms in total. The Bertz CT molecular complexity index is 594. The minimum Gasteiger partial charge on any atom is -0.493 e. The topological polar surface area (TPSA) is 68.8 Å². The van der Waals surface area contributed by atoms with Crippen LogP contribution in [-0.2, 0) is 9.53 Å². The van der Waals surface area contributed by atoms with Crippen molar-refractivity contribution >= 4 is 18.3 Å². The second-order valence-corrected chi connectivity index (χ2v) is 5.87. The predicted octanol–water partition coefficient (Wildman–Crippen LogP) is 2.21. The molecule has 142 valence electrons. The van der Waals surface area contributed by atoms with Crippen LogP contribution < -0.4 is 20.1 Å². The first kappa shape index (κ1) is 21.5. The van der Waals surface area contributed by atoms with Gasteiger partial charge in [0.15, 0.2) is 11.5 Å². The van der Waals surface area contributed by atoms with Gasteiger partial charge in [-0.1, -0.05) is 0 Å². The molecular formula is C17H26ClFN2O4. The predicted molar refractivity (Wildman–Crippen MR) is 95.2 cm³/mol. The van der Waals surface area contributed by atoms with Crippen molar-refractivity contribution in [2.24, 2.45) is 0 Å². The molecule has 2 rings (SSSR count). The van der Waals surface area contributed by atoms with Crippen LogP contribution in [0, 0.1) is 5.82 Å². The third-order valence-electron chi connectivity index (χ3n) is 4.53. The van der Waals surface area contributed by atoms with Gasteiger partial charge in [0.05, 0.1) is 20.3 Å². The Hall–Kier alpha value is -1.57. The molecule has 1 saturated heterocycles. The number of carbonyl (C=O) groups is 1. The maximum absolute atomic E-state index is 14.3. The summed E-state index contributed by atoms with van der Waals surface area (Å²) in [5.41, 5.74) is -0.534. The molecule has 8 heteroatoms. The van der Waals surface area contributed by atoms with E-state index in [0.29, 0.717) is 43.0 Å². The van der Waals surface area contributed by atoms with Gasteiger partial charge < -0.3 is 24.8 Å². The molecule has 1 amide bonds. The normalized spacial score (nSPS) is 17.2. The minimum atomic E-state index is -0.869. The van der Waals surface area contributed by atoms with Crippen LogP contribution in [0.5, 0.6) is 11.5 Å². The van der Waals surface area contributed by atoms with Crippen molar-refractivity contribution < 1.29 is 23.4 Å². The Kier molecular flexibility index (Phi) is 7.92. The van der Waals surface area contributed by atoms with E-state index in [2.05, 4.69) is 10.6 Å². The summed E-state index contributed by atoms with van der Waals surface area (Å²) in [7, 11) is 4.46. The van der Waals surface area contributed by atoms with Crippen LogP contribution in [0.1, 0.15) is 31.4 Å². The SMILES string of the molecule is COc1cc(F)c(C(C)NC(=O)C2(OC)CCNCC2)cc1OC.Cl. The fraction of sp³-hybridized carbons (Fsp3) is 0.588. The van der Waals surface area contributed by atoms with Gasteiger partial charge in [-0.3, -0.25) is 4.79 Å². The first-order valence-electron chi connectivity index (χ1n) is 7.95. The third kappa shape index (κ3) is 4.54. The molecule has 0 aliphatic carbocycles. The van der Waals surface area contributed by atoms with Gasteiger partial charge in [-0.15, -0.1) is 12.4 Å². The molecule has 1 aromatic carbocycles. The second-order valence-electron chi connectivity index (χ2n) is 5.87. The van der Waals surface area contributed by atoms with Gasteiger partial charge in [0, 0.05) is 18.7 Å². The van der Waals surface area contributed by atoms with E-state index in [1.807, 2.05) is 0 Å². The van der Waals surface area contributed by atoms with E-state index in [4.69, 9.17) is 14.2 Å². The summed E-state index contributed by atoms with van der Waals surface area (Å²) >= 11 is 0. The summed E-state index contributed by atoms with van der Waals surface area (Å²) in [4.78, 5) is 12.7. The summed E-state index contributed by atoms with van der Waals surface area (Å²) in [5, 5.41) is 6.06. The Morgan fingerprint density at radius 2 is 1.76 bits per heavy atom. The number of ether oxygens (including phenoxy) is 3. The van der Waals surface area contributed by atoms with E-state index in [1.165, 1.54) is 27.4 Å². The van der Waals surface area contributed by atoms with Crippen LogP contribution in [-0.4, -0.2) is 45.9 Å². The highest BCUT2D eigenvalue weighted by atomic mass is 35.5. The smallest absolute Gasteiger partial charge is 0.252 e. The summed E-state index contributed by atoms with van der Waals surface area (Å²) in [6.07, 6.45) is 1.16. The fourth-order valence-corrected chi connectivity index (χ4v) is 2.96. The number of benzene rings is 1. The molecular weight excluding hydrogens is 351 g/mol. The highest BCUT2D eigenvalue weighted by molar-refractivity contribution is 5.86. The van der Waals surface area contributed by atoms with Crippen molar-refractivity contribution in [3.05, 3.63) is 23.5 Å². The second kappa shape index (κ2) is 9.22. The lowest BCUT2D eigenvalue weighted by atomic mass is 9.90. The molecule has 1 heterocycles. The number of halogens is 2. The Labute approximate surface area is 153 Å². The summed E-state index contributed by atoms with van der Waals surface area (Å²) in [6.45, 7) is 3.15. The lowest BCUT2D eigenvalue weighted by Crippen LogP contribution is -2.54. The Morgan fingerprint density at radius 3 is 2.28 bits per heavy atom. The quantitative estimate of drug-likeness (QED) is 0.796. The lowest BCUT2D eigenvalue weighted by Gasteiger charge is -2.35. The molecule has 2 N–H and O–H groups in total. The van der Waals surface area contributed by atoms with Gasteiger partial charge in [-0.2, -0.15) is 0 Å². The number of nitrogens with one attached hydrogen (secondary N) is 2. The number of rotatable bonds is 6. The van der Waals surface area contributed by atoms with Gasteiger partial charge in [0.2, 0.25) is 0 Å². The highest BCUT2D eigenvalue weighted by Crippen LogP contribution is 2.33. The number of carbonyl (C=O) groups excluding carboxylic acids is 1. The van der Waals surface area contributed by atoms with E-state index in [0.717, 1.165) is 0 Å². The zero-order valence-corrected chi connectivity index (χ0v) is 15.8. The van der Waals surface area contributed by atoms with Gasteiger partial charge in [0.25, 0.3) is 5.91 Å². The van der Waals surface area contributed by atoms with Crippen molar-refractivity contribution in [1.82, 2.24) is 10.6 Å². The molecule has 25 heavy (non-hydrogen) atoms. The molecule has 1 aliphatic rings. The summed E-state index contributed by atoms with van der Waals surface area (Å²) < 4.78 is 30.1. The average molecular weight is 377 g/mol. The minimum absolute atomic E-state index is 0. The summed E-state index contributed by atoms with van der Waals surface area (Å²) in [5.74, 6) is 0.0349. The molecule has 0 bridgehead atoms. The number of hydrogen-bond donors (Lipinski definition) is 2. The largest absolute Gasteiger partial charge is 0.493 e. The maximum Gasteiger partial charge on any atom is 0.252 e. The standard InChI is InChI=1S/C17H25FN2O4.ClH/c1-11(12-9-14(22-2)15(23-3)10-13(12)18)20-16(21)17(24-4)5-7-19-8-6-17;/h9-11,19H,5-8H2,1-4H3,(H,20,21);1H. The fourth-order valence-electron chi connectivity index (χ4n) is 2.96. The molecule has 0 spiro atoms. The molecule has 1 unspecified atom stereocenters. The molecule has 1 fully saturated rings. The maximum atomic E-state index is 14.3. The molecule has 0 radical (unpaired) electrons. The average Bonchev–Trinajstić information content (AvgIpc) is 2.61. The number of piperidine rings is 1. The zero-order valence-electron chi connectivity index (χ0n) is 15.0. The van der Waals surface area contributed by atoms with Crippen molar-refractivity contribution in [2.45, 2.75) is 31.4 Å². The van der Waals surface area contributed by atoms with E-state index < -0.39 is 17.5 Å². The van der Waals surface area contributed by atoms with Gasteiger partial charge >= 0.3 is 0 Å². The van der Waals surface area contributed by atoms with E-state index in [1.54, 1.807) is 13.0 Å². The Morgan fingerprint density at radius 1 is 1.20 bits per heavy atom. The van der Waals surface area contributed by atoms with Crippen LogP contribution in [0.2, 0.25) is 0 Å². The van der Waals surface area contributed by atoms with Crippen LogP contribution in [0.25, 0.3) is 0 Å². The number of hydrogen-bond acceptors (Lipinski definition) is 5. The van der Waals surface area contributed by atoms with E-state index in [9.17, 15) is 9.18 Å². The van der Waals surface area contributed by atoms with Crippen LogP contribution in [0.3, 0.4) is 0 Å². The molecule has 0 saturated carbocycles. The molecule has 1 atom stereocenters. The molecule has 1 aromatic rings. The number of amides is 1. The van der Waals surface area contributed by atoms with Crippen molar-refractivity contribution in [3.63, 3.8) is 0 Å². The van der Waals surface area contributed by atoms with Crippen molar-refractivity contribution in [2.75, 3.05) is 34.4 Å². The third-order valence-corrected chi connectivity index (χ3v) is 4.53. The first-order valence-corrected chi connectivity index (χ1v) is 7.95. The number of methoxy groups -OCH3 is 3. The molecule has 1 aliphatic heterocycles. The first-order chi connectivity index (χ1) is 11.5. The van der Waals surface area contributed by atoms with Crippen LogP contribution in [0.15, 0.2) is 12.1 Å². The van der Waals surface area contributed by atoms with Crippen LogP contribution >= 0.6 is 12.4 Å². The lowest BCUT2D eigenvalue weighted by molar-refractivity contribution is -0.147. The van der Waals surface area contributed by atoms with E-state index in [-0.39, 0.29) is 18.3 Å².